The van der Waals surface area contributed by atoms with E-state index in [-0.39, 0.29) is 0 Å². The lowest BCUT2D eigenvalue weighted by atomic mass is 10.1. The van der Waals surface area contributed by atoms with Crippen LogP contribution in [0, 0.1) is 13.8 Å². The fourth-order valence-corrected chi connectivity index (χ4v) is 2.45. The average molecular weight is 269 g/mol. The highest BCUT2D eigenvalue weighted by atomic mass is 16.7. The molecule has 0 fully saturated rings. The maximum absolute atomic E-state index is 5.51. The van der Waals surface area contributed by atoms with Crippen LogP contribution < -0.4 is 14.8 Å². The Balaban J connectivity index is 1.66. The van der Waals surface area contributed by atoms with Gasteiger partial charge in [-0.25, -0.2) is 0 Å². The quantitative estimate of drug-likeness (QED) is 0.923. The number of benzene rings is 2. The van der Waals surface area contributed by atoms with Gasteiger partial charge in [0.25, 0.3) is 0 Å². The van der Waals surface area contributed by atoms with E-state index in [1.54, 1.807) is 0 Å². The van der Waals surface area contributed by atoms with Gasteiger partial charge in [0.05, 0.1) is 0 Å². The minimum atomic E-state index is 0.323. The van der Waals surface area contributed by atoms with E-state index in [9.17, 15) is 0 Å². The molecule has 0 aliphatic carbocycles. The Morgan fingerprint density at radius 3 is 2.75 bits per heavy atom. The van der Waals surface area contributed by atoms with Gasteiger partial charge in [0.15, 0.2) is 11.5 Å². The summed E-state index contributed by atoms with van der Waals surface area (Å²) in [5, 5.41) is 3.48. The fourth-order valence-electron chi connectivity index (χ4n) is 2.45. The van der Waals surface area contributed by atoms with Crippen LogP contribution in [0.5, 0.6) is 11.5 Å². The largest absolute Gasteiger partial charge is 0.454 e. The molecule has 1 aliphatic heterocycles. The SMILES string of the molecule is Cc1ccc(C)c(CNCc2cccc3c2OCO3)c1. The van der Waals surface area contributed by atoms with Crippen LogP contribution in [0.15, 0.2) is 36.4 Å². The zero-order valence-electron chi connectivity index (χ0n) is 11.9. The standard InChI is InChI=1S/C17H19NO2/c1-12-6-7-13(2)15(8-12)10-18-9-14-4-3-5-16-17(14)20-11-19-16/h3-8,18H,9-11H2,1-2H3. The normalized spacial score (nSPS) is 12.7. The van der Waals surface area contributed by atoms with Gasteiger partial charge < -0.3 is 14.8 Å². The Labute approximate surface area is 119 Å². The number of ether oxygens (including phenoxy) is 2. The van der Waals surface area contributed by atoms with Crippen LogP contribution in [0.1, 0.15) is 22.3 Å². The molecule has 2 aromatic rings. The predicted molar refractivity (Wildman–Crippen MR) is 79.0 cm³/mol. The third kappa shape index (κ3) is 2.63. The summed E-state index contributed by atoms with van der Waals surface area (Å²) in [4.78, 5) is 0. The van der Waals surface area contributed by atoms with E-state index in [1.807, 2.05) is 12.1 Å². The highest BCUT2D eigenvalue weighted by Crippen LogP contribution is 2.35. The summed E-state index contributed by atoms with van der Waals surface area (Å²) in [6.45, 7) is 6.23. The molecule has 0 amide bonds. The van der Waals surface area contributed by atoms with E-state index in [0.717, 1.165) is 30.2 Å². The van der Waals surface area contributed by atoms with Crippen molar-refractivity contribution in [2.45, 2.75) is 26.9 Å². The van der Waals surface area contributed by atoms with Gasteiger partial charge in [-0.2, -0.15) is 0 Å². The molecule has 0 spiro atoms. The van der Waals surface area contributed by atoms with Crippen molar-refractivity contribution < 1.29 is 9.47 Å². The molecule has 3 heteroatoms. The second kappa shape index (κ2) is 5.55. The van der Waals surface area contributed by atoms with Gasteiger partial charge in [0.1, 0.15) is 0 Å². The van der Waals surface area contributed by atoms with Crippen LogP contribution in [-0.4, -0.2) is 6.79 Å². The molecule has 0 saturated carbocycles. The number of fused-ring (bicyclic) bond motifs is 1. The number of hydrogen-bond donors (Lipinski definition) is 1. The van der Waals surface area contributed by atoms with Gasteiger partial charge in [-0.15, -0.1) is 0 Å². The molecular formula is C17H19NO2. The van der Waals surface area contributed by atoms with Gasteiger partial charge in [-0.05, 0) is 31.0 Å². The van der Waals surface area contributed by atoms with E-state index in [4.69, 9.17) is 9.47 Å². The third-order valence-corrected chi connectivity index (χ3v) is 3.61. The molecule has 0 aromatic heterocycles. The Bertz CT molecular complexity index is 622. The van der Waals surface area contributed by atoms with Gasteiger partial charge >= 0.3 is 0 Å². The molecule has 0 atom stereocenters. The van der Waals surface area contributed by atoms with Crippen molar-refractivity contribution in [3.05, 3.63) is 58.7 Å². The molecule has 20 heavy (non-hydrogen) atoms. The van der Waals surface area contributed by atoms with E-state index < -0.39 is 0 Å². The lowest BCUT2D eigenvalue weighted by molar-refractivity contribution is 0.173. The zero-order valence-corrected chi connectivity index (χ0v) is 11.9. The maximum atomic E-state index is 5.51. The Kier molecular flexibility index (Phi) is 3.61. The summed E-state index contributed by atoms with van der Waals surface area (Å²) < 4.78 is 10.9. The van der Waals surface area contributed by atoms with E-state index >= 15 is 0 Å². The lowest BCUT2D eigenvalue weighted by Gasteiger charge is -2.10. The van der Waals surface area contributed by atoms with Crippen molar-refractivity contribution in [3.63, 3.8) is 0 Å². The Morgan fingerprint density at radius 1 is 1.00 bits per heavy atom. The van der Waals surface area contributed by atoms with Gasteiger partial charge in [0, 0.05) is 18.7 Å². The number of rotatable bonds is 4. The second-order valence-electron chi connectivity index (χ2n) is 5.18. The summed E-state index contributed by atoms with van der Waals surface area (Å²) in [5.41, 5.74) is 5.10. The van der Waals surface area contributed by atoms with Crippen LogP contribution in [0.4, 0.5) is 0 Å². The molecule has 0 bridgehead atoms. The van der Waals surface area contributed by atoms with E-state index in [2.05, 4.69) is 43.4 Å². The molecule has 104 valence electrons. The molecule has 1 heterocycles. The monoisotopic (exact) mass is 269 g/mol. The van der Waals surface area contributed by atoms with Crippen LogP contribution >= 0.6 is 0 Å². The first kappa shape index (κ1) is 13.0. The third-order valence-electron chi connectivity index (χ3n) is 3.61. The van der Waals surface area contributed by atoms with Crippen LogP contribution in [0.3, 0.4) is 0 Å². The summed E-state index contributed by atoms with van der Waals surface area (Å²) in [7, 11) is 0. The Hall–Kier alpha value is -2.00. The van der Waals surface area contributed by atoms with Crippen molar-refractivity contribution in [2.75, 3.05) is 6.79 Å². The number of nitrogens with one attached hydrogen (secondary N) is 1. The summed E-state index contributed by atoms with van der Waals surface area (Å²) in [6, 6.07) is 12.6. The highest BCUT2D eigenvalue weighted by molar-refractivity contribution is 5.48. The summed E-state index contributed by atoms with van der Waals surface area (Å²) >= 11 is 0. The van der Waals surface area contributed by atoms with E-state index in [1.165, 1.54) is 16.7 Å². The van der Waals surface area contributed by atoms with Crippen LogP contribution in [0.2, 0.25) is 0 Å². The lowest BCUT2D eigenvalue weighted by Crippen LogP contribution is -2.14. The highest BCUT2D eigenvalue weighted by Gasteiger charge is 2.16. The second-order valence-corrected chi connectivity index (χ2v) is 5.18. The molecule has 1 N–H and O–H groups in total. The molecular weight excluding hydrogens is 250 g/mol. The van der Waals surface area contributed by atoms with Crippen molar-refractivity contribution in [1.29, 1.82) is 0 Å². The molecule has 3 rings (SSSR count). The van der Waals surface area contributed by atoms with Gasteiger partial charge in [0.2, 0.25) is 6.79 Å². The topological polar surface area (TPSA) is 30.5 Å². The first-order valence-corrected chi connectivity index (χ1v) is 6.88. The molecule has 0 radical (unpaired) electrons. The number of hydrogen-bond acceptors (Lipinski definition) is 3. The predicted octanol–water partition coefficient (Wildman–Crippen LogP) is 3.32. The smallest absolute Gasteiger partial charge is 0.231 e. The van der Waals surface area contributed by atoms with Crippen molar-refractivity contribution >= 4 is 0 Å². The van der Waals surface area contributed by atoms with Crippen molar-refractivity contribution in [3.8, 4) is 11.5 Å². The molecule has 1 aliphatic rings. The van der Waals surface area contributed by atoms with E-state index in [0.29, 0.717) is 6.79 Å². The molecule has 0 unspecified atom stereocenters. The van der Waals surface area contributed by atoms with Crippen LogP contribution in [0.25, 0.3) is 0 Å². The summed E-state index contributed by atoms with van der Waals surface area (Å²) in [6.07, 6.45) is 0. The van der Waals surface area contributed by atoms with Crippen molar-refractivity contribution in [2.24, 2.45) is 0 Å². The zero-order chi connectivity index (χ0) is 13.9. The minimum absolute atomic E-state index is 0.323. The summed E-state index contributed by atoms with van der Waals surface area (Å²) in [5.74, 6) is 1.72. The maximum Gasteiger partial charge on any atom is 0.231 e. The first-order valence-electron chi connectivity index (χ1n) is 6.88. The Morgan fingerprint density at radius 2 is 1.85 bits per heavy atom. The first-order chi connectivity index (χ1) is 9.74. The minimum Gasteiger partial charge on any atom is -0.454 e. The fraction of sp³-hybridized carbons (Fsp3) is 0.294. The van der Waals surface area contributed by atoms with Crippen LogP contribution in [-0.2, 0) is 13.1 Å². The number of para-hydroxylation sites is 1. The number of aryl methyl sites for hydroxylation is 2. The van der Waals surface area contributed by atoms with Gasteiger partial charge in [-0.1, -0.05) is 35.9 Å². The molecule has 0 saturated heterocycles. The van der Waals surface area contributed by atoms with Crippen molar-refractivity contribution in [1.82, 2.24) is 5.32 Å². The van der Waals surface area contributed by atoms with Gasteiger partial charge in [-0.3, -0.25) is 0 Å². The average Bonchev–Trinajstić information content (AvgIpc) is 2.92. The molecule has 3 nitrogen and oxygen atoms in total. The molecule has 2 aromatic carbocycles.